The number of hydrogen-bond acceptors (Lipinski definition) is 3. The van der Waals surface area contributed by atoms with Gasteiger partial charge in [-0.05, 0) is 39.4 Å². The van der Waals surface area contributed by atoms with Gasteiger partial charge in [0.15, 0.2) is 0 Å². The lowest BCUT2D eigenvalue weighted by atomic mass is 10.0. The predicted octanol–water partition coefficient (Wildman–Crippen LogP) is 2.18. The van der Waals surface area contributed by atoms with Crippen LogP contribution in [0.25, 0.3) is 0 Å². The molecule has 0 amide bonds. The smallest absolute Gasteiger partial charge is 0.0235 e. The Morgan fingerprint density at radius 2 is 2.00 bits per heavy atom. The molecule has 0 saturated carbocycles. The molecule has 1 fully saturated rings. The van der Waals surface area contributed by atoms with E-state index in [0.717, 1.165) is 18.6 Å². The molecule has 3 nitrogen and oxygen atoms in total. The summed E-state index contributed by atoms with van der Waals surface area (Å²) in [4.78, 5) is 5.41. The van der Waals surface area contributed by atoms with Crippen molar-refractivity contribution >= 4 is 0 Å². The maximum Gasteiger partial charge on any atom is 0.0235 e. The molecule has 1 aliphatic rings. The fourth-order valence-corrected chi connectivity index (χ4v) is 3.23. The van der Waals surface area contributed by atoms with Crippen molar-refractivity contribution in [1.82, 2.24) is 15.1 Å². The Morgan fingerprint density at radius 3 is 2.56 bits per heavy atom. The van der Waals surface area contributed by atoms with E-state index in [1.165, 1.54) is 51.9 Å². The third kappa shape index (κ3) is 4.52. The number of nitrogens with one attached hydrogen (secondary N) is 1. The number of likely N-dealkylation sites (N-methyl/N-ethyl adjacent to an activating group) is 1. The molecule has 1 aliphatic heterocycles. The minimum atomic E-state index is 0.752. The van der Waals surface area contributed by atoms with Crippen molar-refractivity contribution in [2.24, 2.45) is 0 Å². The molecule has 1 rings (SSSR count). The molecule has 0 radical (unpaired) electrons. The largest absolute Gasteiger partial charge is 0.320 e. The van der Waals surface area contributed by atoms with E-state index >= 15 is 0 Å². The van der Waals surface area contributed by atoms with Crippen molar-refractivity contribution < 1.29 is 0 Å². The van der Waals surface area contributed by atoms with Gasteiger partial charge in [-0.1, -0.05) is 27.2 Å². The Kier molecular flexibility index (Phi) is 7.87. The monoisotopic (exact) mass is 255 g/mol. The Bertz CT molecular complexity index is 208. The Labute approximate surface area is 114 Å². The molecular weight excluding hydrogens is 222 g/mol. The Balaban J connectivity index is 2.52. The van der Waals surface area contributed by atoms with Gasteiger partial charge in [0.25, 0.3) is 0 Å². The van der Waals surface area contributed by atoms with E-state index in [1.807, 2.05) is 0 Å². The van der Waals surface area contributed by atoms with E-state index in [9.17, 15) is 0 Å². The highest BCUT2D eigenvalue weighted by Gasteiger charge is 2.28. The molecule has 2 atom stereocenters. The Hall–Kier alpha value is -0.120. The normalized spacial score (nSPS) is 24.3. The van der Waals surface area contributed by atoms with Crippen LogP contribution in [0.4, 0.5) is 0 Å². The standard InChI is InChI=1S/C15H33N3/c1-5-8-14(6-2)18-12-11-17(7-3)15(13-18)9-10-16-4/h14-16H,5-13H2,1-4H3. The molecule has 2 unspecified atom stereocenters. The van der Waals surface area contributed by atoms with Crippen LogP contribution in [-0.2, 0) is 0 Å². The van der Waals surface area contributed by atoms with Crippen molar-refractivity contribution in [3.8, 4) is 0 Å². The first-order valence-electron chi connectivity index (χ1n) is 7.89. The van der Waals surface area contributed by atoms with Gasteiger partial charge in [-0.15, -0.1) is 0 Å². The van der Waals surface area contributed by atoms with Crippen LogP contribution in [0.1, 0.15) is 46.5 Å². The van der Waals surface area contributed by atoms with Gasteiger partial charge < -0.3 is 5.32 Å². The molecule has 1 heterocycles. The highest BCUT2D eigenvalue weighted by atomic mass is 15.3. The summed E-state index contributed by atoms with van der Waals surface area (Å²) in [5, 5.41) is 3.30. The van der Waals surface area contributed by atoms with Gasteiger partial charge in [-0.3, -0.25) is 9.80 Å². The highest BCUT2D eigenvalue weighted by Crippen LogP contribution is 2.18. The lowest BCUT2D eigenvalue weighted by Gasteiger charge is -2.44. The first-order chi connectivity index (χ1) is 8.76. The van der Waals surface area contributed by atoms with Crippen LogP contribution < -0.4 is 5.32 Å². The zero-order valence-electron chi connectivity index (χ0n) is 12.9. The summed E-state index contributed by atoms with van der Waals surface area (Å²) in [6.45, 7) is 13.1. The van der Waals surface area contributed by atoms with Gasteiger partial charge in [0, 0.05) is 31.7 Å². The lowest BCUT2D eigenvalue weighted by Crippen LogP contribution is -2.56. The van der Waals surface area contributed by atoms with E-state index < -0.39 is 0 Å². The molecule has 0 aromatic heterocycles. The molecule has 108 valence electrons. The molecule has 0 spiro atoms. The summed E-state index contributed by atoms with van der Waals surface area (Å²) in [6, 6.07) is 1.56. The number of rotatable bonds is 8. The first-order valence-corrected chi connectivity index (χ1v) is 7.89. The van der Waals surface area contributed by atoms with Gasteiger partial charge in [0.1, 0.15) is 0 Å². The molecule has 1 saturated heterocycles. The first kappa shape index (κ1) is 15.9. The summed E-state index contributed by atoms with van der Waals surface area (Å²) >= 11 is 0. The van der Waals surface area contributed by atoms with Crippen LogP contribution in [0.5, 0.6) is 0 Å². The summed E-state index contributed by atoms with van der Waals surface area (Å²) < 4.78 is 0. The van der Waals surface area contributed by atoms with E-state index in [2.05, 4.69) is 42.9 Å². The summed E-state index contributed by atoms with van der Waals surface area (Å²) in [7, 11) is 2.06. The van der Waals surface area contributed by atoms with Crippen LogP contribution in [-0.4, -0.2) is 61.7 Å². The molecule has 18 heavy (non-hydrogen) atoms. The maximum atomic E-state index is 3.30. The number of hydrogen-bond donors (Lipinski definition) is 1. The molecule has 0 aliphatic carbocycles. The topological polar surface area (TPSA) is 18.5 Å². The van der Waals surface area contributed by atoms with Gasteiger partial charge in [-0.2, -0.15) is 0 Å². The van der Waals surface area contributed by atoms with Crippen molar-refractivity contribution in [2.45, 2.75) is 58.5 Å². The maximum absolute atomic E-state index is 3.30. The van der Waals surface area contributed by atoms with E-state index in [1.54, 1.807) is 0 Å². The fourth-order valence-electron chi connectivity index (χ4n) is 3.23. The molecule has 0 bridgehead atoms. The van der Waals surface area contributed by atoms with E-state index in [4.69, 9.17) is 0 Å². The average Bonchev–Trinajstić information content (AvgIpc) is 2.42. The summed E-state index contributed by atoms with van der Waals surface area (Å²) in [5.41, 5.74) is 0. The van der Waals surface area contributed by atoms with Crippen LogP contribution in [0, 0.1) is 0 Å². The molecular formula is C15H33N3. The zero-order valence-corrected chi connectivity index (χ0v) is 12.9. The quantitative estimate of drug-likeness (QED) is 0.717. The van der Waals surface area contributed by atoms with Crippen molar-refractivity contribution in [1.29, 1.82) is 0 Å². The van der Waals surface area contributed by atoms with Crippen LogP contribution in [0.3, 0.4) is 0 Å². The van der Waals surface area contributed by atoms with Crippen molar-refractivity contribution in [2.75, 3.05) is 39.8 Å². The van der Waals surface area contributed by atoms with Gasteiger partial charge in [-0.25, -0.2) is 0 Å². The predicted molar refractivity (Wildman–Crippen MR) is 80.1 cm³/mol. The van der Waals surface area contributed by atoms with Crippen LogP contribution in [0.15, 0.2) is 0 Å². The average molecular weight is 255 g/mol. The second-order valence-corrected chi connectivity index (χ2v) is 5.52. The van der Waals surface area contributed by atoms with Crippen LogP contribution in [0.2, 0.25) is 0 Å². The van der Waals surface area contributed by atoms with Crippen molar-refractivity contribution in [3.05, 3.63) is 0 Å². The van der Waals surface area contributed by atoms with Gasteiger partial charge in [0.05, 0.1) is 0 Å². The fraction of sp³-hybridized carbons (Fsp3) is 1.00. The molecule has 0 aromatic rings. The number of piperazine rings is 1. The molecule has 0 aromatic carbocycles. The van der Waals surface area contributed by atoms with Crippen molar-refractivity contribution in [3.63, 3.8) is 0 Å². The summed E-state index contributed by atoms with van der Waals surface area (Å²) in [6.07, 6.45) is 5.26. The lowest BCUT2D eigenvalue weighted by molar-refractivity contribution is 0.0434. The highest BCUT2D eigenvalue weighted by molar-refractivity contribution is 4.85. The minimum Gasteiger partial charge on any atom is -0.320 e. The molecule has 1 N–H and O–H groups in total. The SMILES string of the molecule is CCCC(CC)N1CCN(CC)C(CCNC)C1. The van der Waals surface area contributed by atoms with E-state index in [0.29, 0.717) is 0 Å². The van der Waals surface area contributed by atoms with Gasteiger partial charge in [0.2, 0.25) is 0 Å². The Morgan fingerprint density at radius 1 is 1.22 bits per heavy atom. The second-order valence-electron chi connectivity index (χ2n) is 5.52. The summed E-state index contributed by atoms with van der Waals surface area (Å²) in [5.74, 6) is 0. The third-order valence-corrected chi connectivity index (χ3v) is 4.38. The van der Waals surface area contributed by atoms with Gasteiger partial charge >= 0.3 is 0 Å². The second kappa shape index (κ2) is 8.89. The third-order valence-electron chi connectivity index (χ3n) is 4.38. The molecule has 3 heteroatoms. The van der Waals surface area contributed by atoms with Crippen LogP contribution >= 0.6 is 0 Å². The van der Waals surface area contributed by atoms with E-state index in [-0.39, 0.29) is 0 Å². The number of nitrogens with zero attached hydrogens (tertiary/aromatic N) is 2. The minimum absolute atomic E-state index is 0.752. The zero-order chi connectivity index (χ0) is 13.4.